The van der Waals surface area contributed by atoms with Gasteiger partial charge in [0.2, 0.25) is 0 Å². The summed E-state index contributed by atoms with van der Waals surface area (Å²) < 4.78 is 0. The van der Waals surface area contributed by atoms with Crippen molar-refractivity contribution in [2.45, 2.75) is 32.1 Å². The lowest BCUT2D eigenvalue weighted by molar-refractivity contribution is 0.0706. The Morgan fingerprint density at radius 3 is 2.65 bits per heavy atom. The van der Waals surface area contributed by atoms with Crippen LogP contribution in [0.2, 0.25) is 0 Å². The Hall–Kier alpha value is -0.120. The van der Waals surface area contributed by atoms with Crippen molar-refractivity contribution in [3.05, 3.63) is 0 Å². The van der Waals surface area contributed by atoms with Gasteiger partial charge < -0.3 is 15.5 Å². The zero-order valence-electron chi connectivity index (χ0n) is 11.6. The van der Waals surface area contributed by atoms with Crippen molar-refractivity contribution in [3.63, 3.8) is 0 Å². The minimum atomic E-state index is 0.468. The minimum Gasteiger partial charge on any atom is -0.330 e. The van der Waals surface area contributed by atoms with Gasteiger partial charge in [0, 0.05) is 19.6 Å². The first-order valence-corrected chi connectivity index (χ1v) is 7.21. The van der Waals surface area contributed by atoms with Crippen LogP contribution >= 0.6 is 0 Å². The van der Waals surface area contributed by atoms with Gasteiger partial charge in [-0.15, -0.1) is 0 Å². The average Bonchev–Trinajstić information content (AvgIpc) is 2.23. The van der Waals surface area contributed by atoms with Crippen molar-refractivity contribution >= 4 is 0 Å². The van der Waals surface area contributed by atoms with Gasteiger partial charge in [-0.2, -0.15) is 0 Å². The first-order valence-electron chi connectivity index (χ1n) is 7.21. The Balaban J connectivity index is 1.74. The van der Waals surface area contributed by atoms with Crippen molar-refractivity contribution in [2.75, 3.05) is 46.8 Å². The first kappa shape index (κ1) is 13.3. The predicted molar refractivity (Wildman–Crippen MR) is 73.1 cm³/mol. The number of nitrogens with zero attached hydrogens (tertiary/aromatic N) is 2. The van der Waals surface area contributed by atoms with E-state index in [2.05, 4.69) is 23.9 Å². The highest BCUT2D eigenvalue weighted by atomic mass is 15.1. The Bertz CT molecular complexity index is 232. The van der Waals surface area contributed by atoms with Gasteiger partial charge in [-0.05, 0) is 64.2 Å². The van der Waals surface area contributed by atoms with E-state index in [4.69, 9.17) is 5.73 Å². The van der Waals surface area contributed by atoms with Crippen LogP contribution in [0.25, 0.3) is 0 Å². The van der Waals surface area contributed by atoms with Crippen LogP contribution in [0.1, 0.15) is 32.1 Å². The monoisotopic (exact) mass is 239 g/mol. The highest BCUT2D eigenvalue weighted by Crippen LogP contribution is 2.40. The Kier molecular flexibility index (Phi) is 4.45. The van der Waals surface area contributed by atoms with E-state index < -0.39 is 0 Å². The van der Waals surface area contributed by atoms with Crippen LogP contribution in [0.15, 0.2) is 0 Å². The summed E-state index contributed by atoms with van der Waals surface area (Å²) in [7, 11) is 4.53. The second-order valence-electron chi connectivity index (χ2n) is 6.52. The van der Waals surface area contributed by atoms with Crippen LogP contribution in [0.4, 0.5) is 0 Å². The molecule has 3 nitrogen and oxygen atoms in total. The van der Waals surface area contributed by atoms with Crippen LogP contribution in [-0.4, -0.2) is 56.6 Å². The van der Waals surface area contributed by atoms with E-state index in [1.165, 1.54) is 58.3 Å². The number of nitrogens with two attached hydrogens (primary N) is 1. The molecule has 2 fully saturated rings. The second kappa shape index (κ2) is 5.68. The third kappa shape index (κ3) is 3.43. The van der Waals surface area contributed by atoms with Crippen molar-refractivity contribution in [3.8, 4) is 0 Å². The number of hydrogen-bond acceptors (Lipinski definition) is 3. The fourth-order valence-corrected chi connectivity index (χ4v) is 3.60. The molecule has 3 heteroatoms. The Morgan fingerprint density at radius 1 is 1.35 bits per heavy atom. The van der Waals surface area contributed by atoms with Gasteiger partial charge in [0.15, 0.2) is 0 Å². The van der Waals surface area contributed by atoms with E-state index in [9.17, 15) is 0 Å². The molecule has 0 aromatic rings. The first-order chi connectivity index (χ1) is 8.13. The van der Waals surface area contributed by atoms with Crippen molar-refractivity contribution in [1.29, 1.82) is 0 Å². The smallest absolute Gasteiger partial charge is 0.00471 e. The lowest BCUT2D eigenvalue weighted by Gasteiger charge is -2.44. The molecular formula is C14H29N3. The summed E-state index contributed by atoms with van der Waals surface area (Å²) in [5.41, 5.74) is 6.40. The maximum atomic E-state index is 5.94. The molecule has 1 atom stereocenters. The van der Waals surface area contributed by atoms with Crippen LogP contribution < -0.4 is 5.73 Å². The zero-order valence-corrected chi connectivity index (χ0v) is 11.6. The van der Waals surface area contributed by atoms with Gasteiger partial charge in [-0.1, -0.05) is 6.42 Å². The molecule has 1 aliphatic heterocycles. The molecule has 0 amide bonds. The predicted octanol–water partition coefficient (Wildman–Crippen LogP) is 1.39. The molecule has 1 saturated carbocycles. The van der Waals surface area contributed by atoms with Gasteiger partial charge in [0.05, 0.1) is 0 Å². The summed E-state index contributed by atoms with van der Waals surface area (Å²) in [6, 6.07) is 0. The molecule has 2 rings (SSSR count). The summed E-state index contributed by atoms with van der Waals surface area (Å²) in [5.74, 6) is 0.869. The number of likely N-dealkylation sites (tertiary alicyclic amines) is 1. The molecule has 0 aromatic carbocycles. The molecule has 0 aromatic heterocycles. The van der Waals surface area contributed by atoms with Gasteiger partial charge >= 0.3 is 0 Å². The van der Waals surface area contributed by atoms with E-state index >= 15 is 0 Å². The molecule has 0 spiro atoms. The second-order valence-corrected chi connectivity index (χ2v) is 6.52. The average molecular weight is 239 g/mol. The maximum absolute atomic E-state index is 5.94. The maximum Gasteiger partial charge on any atom is 0.00471 e. The molecule has 2 aliphatic rings. The molecule has 1 unspecified atom stereocenters. The van der Waals surface area contributed by atoms with Crippen LogP contribution in [-0.2, 0) is 0 Å². The molecule has 0 bridgehead atoms. The highest BCUT2D eigenvalue weighted by Gasteiger charge is 2.36. The minimum absolute atomic E-state index is 0.468. The van der Waals surface area contributed by atoms with E-state index in [0.29, 0.717) is 5.41 Å². The van der Waals surface area contributed by atoms with E-state index in [1.807, 2.05) is 0 Å². The topological polar surface area (TPSA) is 32.5 Å². The largest absolute Gasteiger partial charge is 0.330 e. The Labute approximate surface area is 106 Å². The van der Waals surface area contributed by atoms with Crippen molar-refractivity contribution in [1.82, 2.24) is 9.80 Å². The fourth-order valence-electron chi connectivity index (χ4n) is 3.60. The summed E-state index contributed by atoms with van der Waals surface area (Å²) >= 11 is 0. The van der Waals surface area contributed by atoms with Crippen molar-refractivity contribution in [2.24, 2.45) is 17.1 Å². The number of hydrogen-bond donors (Lipinski definition) is 1. The van der Waals surface area contributed by atoms with Gasteiger partial charge in [-0.3, -0.25) is 0 Å². The summed E-state index contributed by atoms with van der Waals surface area (Å²) in [6.45, 7) is 5.91. The number of rotatable bonds is 5. The number of piperidine rings is 1. The molecular weight excluding hydrogens is 210 g/mol. The Morgan fingerprint density at radius 2 is 2.12 bits per heavy atom. The fraction of sp³-hybridized carbons (Fsp3) is 1.00. The van der Waals surface area contributed by atoms with Gasteiger partial charge in [0.25, 0.3) is 0 Å². The van der Waals surface area contributed by atoms with Gasteiger partial charge in [-0.25, -0.2) is 0 Å². The van der Waals surface area contributed by atoms with E-state index in [-0.39, 0.29) is 0 Å². The molecule has 100 valence electrons. The van der Waals surface area contributed by atoms with Crippen LogP contribution in [0.5, 0.6) is 0 Å². The van der Waals surface area contributed by atoms with E-state index in [1.54, 1.807) is 0 Å². The SMILES string of the molecule is CN1CCCC(CN(C)CC2(CN)CCC2)C1. The van der Waals surface area contributed by atoms with Crippen LogP contribution in [0.3, 0.4) is 0 Å². The normalized spacial score (nSPS) is 29.3. The summed E-state index contributed by atoms with van der Waals surface area (Å²) in [5, 5.41) is 0. The van der Waals surface area contributed by atoms with Crippen molar-refractivity contribution < 1.29 is 0 Å². The molecule has 17 heavy (non-hydrogen) atoms. The molecule has 1 aliphatic carbocycles. The zero-order chi connectivity index (χ0) is 12.3. The molecule has 1 saturated heterocycles. The van der Waals surface area contributed by atoms with E-state index in [0.717, 1.165) is 12.5 Å². The summed E-state index contributed by atoms with van der Waals surface area (Å²) in [6.07, 6.45) is 6.86. The van der Waals surface area contributed by atoms with Crippen LogP contribution in [0, 0.1) is 11.3 Å². The lowest BCUT2D eigenvalue weighted by Crippen LogP contribution is -2.48. The van der Waals surface area contributed by atoms with Gasteiger partial charge in [0.1, 0.15) is 0 Å². The third-order valence-electron chi connectivity index (χ3n) is 4.74. The highest BCUT2D eigenvalue weighted by molar-refractivity contribution is 4.91. The quantitative estimate of drug-likeness (QED) is 0.787. The molecule has 1 heterocycles. The third-order valence-corrected chi connectivity index (χ3v) is 4.74. The molecule has 2 N–H and O–H groups in total. The standard InChI is InChI=1S/C14H29N3/c1-16-8-3-5-13(9-16)10-17(2)12-14(11-15)6-4-7-14/h13H,3-12,15H2,1-2H3. The molecule has 0 radical (unpaired) electrons. The summed E-state index contributed by atoms with van der Waals surface area (Å²) in [4.78, 5) is 5.01. The lowest BCUT2D eigenvalue weighted by atomic mass is 9.68.